The van der Waals surface area contributed by atoms with E-state index in [0.29, 0.717) is 0 Å². The second-order valence-corrected chi connectivity index (χ2v) is 4.45. The van der Waals surface area contributed by atoms with Gasteiger partial charge in [-0.25, -0.2) is 0 Å². The predicted octanol–water partition coefficient (Wildman–Crippen LogP) is 1.14. The maximum Gasteiger partial charge on any atom is 0.147 e. The van der Waals surface area contributed by atoms with Crippen molar-refractivity contribution in [3.8, 4) is 0 Å². The van der Waals surface area contributed by atoms with Crippen molar-refractivity contribution < 1.29 is 46.3 Å². The van der Waals surface area contributed by atoms with Gasteiger partial charge in [-0.1, -0.05) is 0 Å². The molecule has 0 aliphatic rings. The van der Waals surface area contributed by atoms with Crippen molar-refractivity contribution >= 4 is 17.3 Å². The Hall–Kier alpha value is -0.356. The van der Waals surface area contributed by atoms with Crippen LogP contribution in [0.25, 0.3) is 0 Å². The molecular weight excluding hydrogens is 284 g/mol. The first-order valence-corrected chi connectivity index (χ1v) is 5.80. The smallest absolute Gasteiger partial charge is 0.147 e. The number of aliphatic hydroxyl groups excluding tert-OH is 2. The van der Waals surface area contributed by atoms with Crippen LogP contribution in [0.3, 0.4) is 0 Å². The van der Waals surface area contributed by atoms with Crippen LogP contribution in [0.4, 0.5) is 0 Å². The summed E-state index contributed by atoms with van der Waals surface area (Å²) in [5.74, 6) is -2.15. The fourth-order valence-corrected chi connectivity index (χ4v) is 0.859. The first kappa shape index (κ1) is 27.1. The Morgan fingerprint density at radius 2 is 0.789 bits per heavy atom. The van der Waals surface area contributed by atoms with Gasteiger partial charge in [-0.2, -0.15) is 0 Å². The van der Waals surface area contributed by atoms with E-state index < -0.39 is 5.92 Å². The van der Waals surface area contributed by atoms with E-state index in [0.717, 1.165) is 0 Å². The maximum absolute atomic E-state index is 10.6. The maximum atomic E-state index is 10.6. The predicted molar refractivity (Wildman–Crippen MR) is 70.2 cm³/mol. The van der Waals surface area contributed by atoms with E-state index in [1.165, 1.54) is 20.8 Å². The number of rotatable bonds is 3. The molecule has 5 nitrogen and oxygen atoms in total. The van der Waals surface area contributed by atoms with Crippen LogP contribution in [0.15, 0.2) is 0 Å². The van der Waals surface area contributed by atoms with Crippen molar-refractivity contribution in [1.82, 2.24) is 0 Å². The zero-order valence-electron chi connectivity index (χ0n) is 12.9. The van der Waals surface area contributed by atoms with Gasteiger partial charge in [0.2, 0.25) is 0 Å². The summed E-state index contributed by atoms with van der Waals surface area (Å²) >= 11 is 0. The standard InChI is InChI=1S/C7H10O3.2C3H8O.Ti/c1-4(8)7(5(2)9)6(3)10;2*1-3(2)4;/h7H,1-3H3;2*3-4H,1-2H3;. The Morgan fingerprint density at radius 1 is 0.684 bits per heavy atom. The fourth-order valence-electron chi connectivity index (χ4n) is 0.859. The molecule has 0 aromatic rings. The van der Waals surface area contributed by atoms with E-state index in [1.54, 1.807) is 27.7 Å². The van der Waals surface area contributed by atoms with Crippen LogP contribution in [-0.2, 0) is 36.1 Å². The molecule has 6 heteroatoms. The summed E-state index contributed by atoms with van der Waals surface area (Å²) in [4.78, 5) is 31.8. The van der Waals surface area contributed by atoms with Crippen LogP contribution < -0.4 is 0 Å². The van der Waals surface area contributed by atoms with Gasteiger partial charge in [0, 0.05) is 33.9 Å². The Kier molecular flexibility index (Phi) is 22.4. The summed E-state index contributed by atoms with van der Waals surface area (Å²) < 4.78 is 0. The van der Waals surface area contributed by atoms with E-state index in [2.05, 4.69) is 0 Å². The molecule has 2 N–H and O–H groups in total. The molecule has 112 valence electrons. The third-order valence-corrected chi connectivity index (χ3v) is 1.22. The van der Waals surface area contributed by atoms with Gasteiger partial charge in [0.05, 0.1) is 0 Å². The molecule has 0 saturated carbocycles. The minimum atomic E-state index is -1.03. The molecule has 19 heavy (non-hydrogen) atoms. The third-order valence-electron chi connectivity index (χ3n) is 1.22. The van der Waals surface area contributed by atoms with Gasteiger partial charge in [-0.3, -0.25) is 14.4 Å². The second-order valence-electron chi connectivity index (χ2n) is 4.45. The van der Waals surface area contributed by atoms with Crippen molar-refractivity contribution in [2.45, 2.75) is 60.7 Å². The van der Waals surface area contributed by atoms with Crippen LogP contribution in [0.5, 0.6) is 0 Å². The zero-order valence-corrected chi connectivity index (χ0v) is 14.4. The monoisotopic (exact) mass is 310 g/mol. The van der Waals surface area contributed by atoms with Gasteiger partial charge in [0.25, 0.3) is 0 Å². The van der Waals surface area contributed by atoms with Gasteiger partial charge >= 0.3 is 0 Å². The topological polar surface area (TPSA) is 91.7 Å². The van der Waals surface area contributed by atoms with E-state index >= 15 is 0 Å². The Morgan fingerprint density at radius 3 is 0.789 bits per heavy atom. The summed E-state index contributed by atoms with van der Waals surface area (Å²) in [6.07, 6.45) is -0.333. The van der Waals surface area contributed by atoms with Crippen molar-refractivity contribution in [2.75, 3.05) is 0 Å². The molecule has 0 fully saturated rings. The summed E-state index contributed by atoms with van der Waals surface area (Å²) in [5.41, 5.74) is 0. The van der Waals surface area contributed by atoms with Crippen molar-refractivity contribution in [1.29, 1.82) is 0 Å². The number of ketones is 3. The van der Waals surface area contributed by atoms with Crippen molar-refractivity contribution in [3.63, 3.8) is 0 Å². The Bertz CT molecular complexity index is 217. The van der Waals surface area contributed by atoms with Gasteiger partial charge in [-0.15, -0.1) is 0 Å². The zero-order chi connectivity index (χ0) is 15.5. The first-order valence-electron chi connectivity index (χ1n) is 5.80. The van der Waals surface area contributed by atoms with Crippen LogP contribution in [0, 0.1) is 5.92 Å². The molecule has 0 aromatic carbocycles. The average molecular weight is 310 g/mol. The van der Waals surface area contributed by atoms with Gasteiger partial charge in [0.1, 0.15) is 23.3 Å². The molecule has 0 rings (SSSR count). The molecule has 0 amide bonds. The van der Waals surface area contributed by atoms with Crippen LogP contribution >= 0.6 is 0 Å². The normalized spacial score (nSPS) is 8.84. The van der Waals surface area contributed by atoms with Gasteiger partial charge < -0.3 is 10.2 Å². The molecular formula is C13H26O5Ti. The van der Waals surface area contributed by atoms with Crippen LogP contribution in [0.2, 0.25) is 0 Å². The van der Waals surface area contributed by atoms with E-state index in [-0.39, 0.29) is 51.3 Å². The Labute approximate surface area is 130 Å². The molecule has 0 heterocycles. The second kappa shape index (κ2) is 15.7. The molecule has 0 aliphatic carbocycles. The quantitative estimate of drug-likeness (QED) is 0.602. The molecule has 0 spiro atoms. The minimum absolute atomic E-state index is 0. The number of carbonyl (C=O) groups is 3. The molecule has 0 bridgehead atoms. The van der Waals surface area contributed by atoms with E-state index in [9.17, 15) is 14.4 Å². The molecule has 0 saturated heterocycles. The SMILES string of the molecule is CC(=O)C(C(C)=O)C(C)=O.CC(C)O.CC(C)O.[Ti]. The van der Waals surface area contributed by atoms with E-state index in [4.69, 9.17) is 10.2 Å². The molecule has 0 radical (unpaired) electrons. The summed E-state index contributed by atoms with van der Waals surface area (Å²) in [6, 6.07) is 0. The Balaban J connectivity index is -0.000000105. The number of carbonyl (C=O) groups excluding carboxylic acids is 3. The minimum Gasteiger partial charge on any atom is -0.394 e. The summed E-state index contributed by atoms with van der Waals surface area (Å²) in [7, 11) is 0. The molecule has 0 atom stereocenters. The number of hydrogen-bond donors (Lipinski definition) is 2. The number of hydrogen-bond acceptors (Lipinski definition) is 5. The van der Waals surface area contributed by atoms with Crippen molar-refractivity contribution in [2.24, 2.45) is 5.92 Å². The largest absolute Gasteiger partial charge is 0.394 e. The molecule has 0 unspecified atom stereocenters. The summed E-state index contributed by atoms with van der Waals surface area (Å²) in [5, 5.41) is 16.1. The van der Waals surface area contributed by atoms with E-state index in [1.807, 2.05) is 0 Å². The van der Waals surface area contributed by atoms with Crippen LogP contribution in [0.1, 0.15) is 48.5 Å². The number of Topliss-reactive ketones (excluding diaryl/α,β-unsaturated/α-hetero) is 3. The van der Waals surface area contributed by atoms with Crippen LogP contribution in [-0.4, -0.2) is 39.8 Å². The molecule has 0 aliphatic heterocycles. The first-order chi connectivity index (χ1) is 7.93. The fraction of sp³-hybridized carbons (Fsp3) is 0.769. The average Bonchev–Trinajstić information content (AvgIpc) is 1.96. The summed E-state index contributed by atoms with van der Waals surface area (Å²) in [6.45, 7) is 10.6. The van der Waals surface area contributed by atoms with Gasteiger partial charge in [-0.05, 0) is 48.5 Å². The third kappa shape index (κ3) is 31.8. The molecule has 0 aromatic heterocycles. The van der Waals surface area contributed by atoms with Crippen molar-refractivity contribution in [3.05, 3.63) is 0 Å². The van der Waals surface area contributed by atoms with Gasteiger partial charge in [0.15, 0.2) is 0 Å². The number of aliphatic hydroxyl groups is 2.